The summed E-state index contributed by atoms with van der Waals surface area (Å²) in [5.41, 5.74) is 1.59. The average Bonchev–Trinajstić information content (AvgIpc) is 2.82. The number of para-hydroxylation sites is 1. The van der Waals surface area contributed by atoms with Crippen LogP contribution in [0.1, 0.15) is 34.5 Å². The number of aromatic amines is 1. The van der Waals surface area contributed by atoms with Crippen molar-refractivity contribution in [1.82, 2.24) is 10.3 Å². The lowest BCUT2D eigenvalue weighted by Gasteiger charge is -2.15. The summed E-state index contributed by atoms with van der Waals surface area (Å²) in [6, 6.07) is 17.4. The molecule has 1 unspecified atom stereocenters. The lowest BCUT2D eigenvalue weighted by Crippen LogP contribution is -2.31. The van der Waals surface area contributed by atoms with E-state index in [4.69, 9.17) is 9.52 Å². The van der Waals surface area contributed by atoms with Gasteiger partial charge in [0.15, 0.2) is 0 Å². The predicted octanol–water partition coefficient (Wildman–Crippen LogP) is 4.40. The van der Waals surface area contributed by atoms with Crippen LogP contribution in [0.5, 0.6) is 11.5 Å². The minimum absolute atomic E-state index is 0.0560. The lowest BCUT2D eigenvalue weighted by molar-refractivity contribution is 0.0956. The van der Waals surface area contributed by atoms with E-state index in [1.807, 2.05) is 30.3 Å². The Morgan fingerprint density at radius 1 is 1.06 bits per heavy atom. The van der Waals surface area contributed by atoms with Gasteiger partial charge in [-0.15, -0.1) is 0 Å². The van der Waals surface area contributed by atoms with Crippen LogP contribution < -0.4 is 15.6 Å². The van der Waals surface area contributed by atoms with Gasteiger partial charge in [-0.1, -0.05) is 24.3 Å². The van der Waals surface area contributed by atoms with E-state index in [1.165, 1.54) is 11.5 Å². The zero-order chi connectivity index (χ0) is 23.3. The van der Waals surface area contributed by atoms with Gasteiger partial charge in [0, 0.05) is 17.6 Å². The van der Waals surface area contributed by atoms with Crippen LogP contribution in [0, 0.1) is 4.78 Å². The highest BCUT2D eigenvalue weighted by Crippen LogP contribution is 2.23. The number of ether oxygens (including phenoxy) is 1. The summed E-state index contributed by atoms with van der Waals surface area (Å²) < 4.78 is 26.6. The first-order valence-electron chi connectivity index (χ1n) is 10.7. The molecule has 0 radical (unpaired) electrons. The van der Waals surface area contributed by atoms with Gasteiger partial charge < -0.3 is 15.0 Å². The first-order valence-corrected chi connectivity index (χ1v) is 12.4. The minimum Gasteiger partial charge on any atom is -0.457 e. The third-order valence-electron chi connectivity index (χ3n) is 5.40. The number of carbonyl (C=O) groups excluding carboxylic acids is 1. The molecule has 1 amide bonds. The summed E-state index contributed by atoms with van der Waals surface area (Å²) in [5.74, 6) is 0.769. The van der Waals surface area contributed by atoms with Crippen molar-refractivity contribution >= 4 is 15.6 Å². The zero-order valence-electron chi connectivity index (χ0n) is 18.0. The number of hydrogen-bond acceptors (Lipinski definition) is 5. The molecule has 33 heavy (non-hydrogen) atoms. The first-order chi connectivity index (χ1) is 15.9. The molecule has 0 aliphatic heterocycles. The highest BCUT2D eigenvalue weighted by Gasteiger charge is 2.16. The van der Waals surface area contributed by atoms with Crippen LogP contribution in [-0.2, 0) is 22.6 Å². The maximum absolute atomic E-state index is 12.8. The summed E-state index contributed by atoms with van der Waals surface area (Å²) in [7, 11) is -3.19. The van der Waals surface area contributed by atoms with Crippen molar-refractivity contribution in [3.63, 3.8) is 0 Å². The van der Waals surface area contributed by atoms with Gasteiger partial charge in [0.2, 0.25) is 0 Å². The summed E-state index contributed by atoms with van der Waals surface area (Å²) >= 11 is 0. The van der Waals surface area contributed by atoms with Crippen LogP contribution >= 0.6 is 0 Å². The third-order valence-corrected chi connectivity index (χ3v) is 6.95. The van der Waals surface area contributed by atoms with E-state index in [-0.39, 0.29) is 12.1 Å². The van der Waals surface area contributed by atoms with Gasteiger partial charge in [-0.25, -0.2) is 8.99 Å². The number of aryl methyl sites for hydroxylation is 2. The number of H-pyrrole nitrogens is 1. The number of carbonyl (C=O) groups is 1. The number of rotatable bonds is 7. The number of amides is 1. The molecule has 0 saturated carbocycles. The van der Waals surface area contributed by atoms with Crippen molar-refractivity contribution in [2.24, 2.45) is 0 Å². The summed E-state index contributed by atoms with van der Waals surface area (Å²) in [4.78, 5) is 27.8. The van der Waals surface area contributed by atoms with Crippen molar-refractivity contribution in [3.8, 4) is 11.5 Å². The molecule has 0 fully saturated rings. The third kappa shape index (κ3) is 5.59. The van der Waals surface area contributed by atoms with E-state index in [9.17, 15) is 13.8 Å². The van der Waals surface area contributed by atoms with Crippen LogP contribution in [0.3, 0.4) is 0 Å². The number of nitrogens with one attached hydrogen (secondary N) is 3. The van der Waals surface area contributed by atoms with Crippen LogP contribution in [0.2, 0.25) is 0 Å². The molecular formula is C25H25N3O4S. The maximum Gasteiger partial charge on any atom is 0.261 e. The van der Waals surface area contributed by atoms with Crippen LogP contribution in [-0.4, -0.2) is 21.6 Å². The Bertz CT molecular complexity index is 1330. The van der Waals surface area contributed by atoms with Crippen molar-refractivity contribution in [3.05, 3.63) is 99.3 Å². The van der Waals surface area contributed by atoms with E-state index in [1.54, 1.807) is 30.3 Å². The Hall–Kier alpha value is -3.65. The zero-order valence-corrected chi connectivity index (χ0v) is 18.8. The smallest absolute Gasteiger partial charge is 0.261 e. The standard InChI is InChI=1S/C25H25N3O4S/c26-33(31,21-13-11-20(12-14-21)32-19-8-2-1-3-9-19)16-6-15-27-24(29)22-17-18-7-4-5-10-23(18)28-25(22)30/h1-3,6,8-9,11-14,16-17,26H,4-5,7,10,15H2,(H,27,29)(H,28,30)/b16-6+. The number of benzene rings is 2. The first kappa shape index (κ1) is 22.5. The van der Waals surface area contributed by atoms with Gasteiger partial charge in [0.1, 0.15) is 17.1 Å². The second kappa shape index (κ2) is 9.87. The number of pyridine rings is 1. The van der Waals surface area contributed by atoms with Gasteiger partial charge >= 0.3 is 0 Å². The van der Waals surface area contributed by atoms with E-state index >= 15 is 0 Å². The maximum atomic E-state index is 12.8. The highest BCUT2D eigenvalue weighted by atomic mass is 32.2. The molecule has 3 aromatic rings. The topological polar surface area (TPSA) is 112 Å². The molecular weight excluding hydrogens is 438 g/mol. The summed E-state index contributed by atoms with van der Waals surface area (Å²) in [6.45, 7) is 0.0560. The Morgan fingerprint density at radius 2 is 1.76 bits per heavy atom. The molecule has 1 aliphatic rings. The summed E-state index contributed by atoms with van der Waals surface area (Å²) in [6.07, 6.45) is 5.22. The van der Waals surface area contributed by atoms with E-state index in [0.29, 0.717) is 16.4 Å². The van der Waals surface area contributed by atoms with E-state index in [2.05, 4.69) is 10.3 Å². The molecule has 0 bridgehead atoms. The number of fused-ring (bicyclic) bond motifs is 1. The fraction of sp³-hybridized carbons (Fsp3) is 0.200. The molecule has 1 heterocycles. The monoisotopic (exact) mass is 463 g/mol. The van der Waals surface area contributed by atoms with Gasteiger partial charge in [0.05, 0.1) is 14.6 Å². The molecule has 0 spiro atoms. The highest BCUT2D eigenvalue weighted by molar-refractivity contribution is 7.95. The van der Waals surface area contributed by atoms with Crippen molar-refractivity contribution in [2.75, 3.05) is 6.54 Å². The van der Waals surface area contributed by atoms with E-state index in [0.717, 1.165) is 36.9 Å². The average molecular weight is 464 g/mol. The SMILES string of the molecule is N=S(=O)(/C=C/CNC(=O)c1cc2c([nH]c1=O)CCCC2)c1ccc(Oc2ccccc2)cc1. The van der Waals surface area contributed by atoms with Crippen molar-refractivity contribution in [1.29, 1.82) is 4.78 Å². The molecule has 3 N–H and O–H groups in total. The lowest BCUT2D eigenvalue weighted by atomic mass is 9.95. The number of hydrogen-bond donors (Lipinski definition) is 3. The van der Waals surface area contributed by atoms with Crippen LogP contribution in [0.4, 0.5) is 0 Å². The molecule has 2 aromatic carbocycles. The Balaban J connectivity index is 1.36. The molecule has 1 aliphatic carbocycles. The van der Waals surface area contributed by atoms with E-state index < -0.39 is 21.2 Å². The second-order valence-electron chi connectivity index (χ2n) is 7.79. The molecule has 1 aromatic heterocycles. The van der Waals surface area contributed by atoms with Gasteiger partial charge in [-0.05, 0) is 73.7 Å². The molecule has 8 heteroatoms. The second-order valence-corrected chi connectivity index (χ2v) is 9.74. The minimum atomic E-state index is -3.19. The van der Waals surface area contributed by atoms with Crippen LogP contribution in [0.15, 0.2) is 81.8 Å². The van der Waals surface area contributed by atoms with Gasteiger partial charge in [-0.2, -0.15) is 0 Å². The van der Waals surface area contributed by atoms with Gasteiger partial charge in [0.25, 0.3) is 11.5 Å². The normalized spacial score (nSPS) is 14.9. The molecule has 1 atom stereocenters. The fourth-order valence-electron chi connectivity index (χ4n) is 3.69. The molecule has 7 nitrogen and oxygen atoms in total. The Kier molecular flexibility index (Phi) is 6.74. The van der Waals surface area contributed by atoms with Crippen molar-refractivity contribution in [2.45, 2.75) is 30.6 Å². The molecule has 0 saturated heterocycles. The molecule has 4 rings (SSSR count). The predicted molar refractivity (Wildman–Crippen MR) is 127 cm³/mol. The summed E-state index contributed by atoms with van der Waals surface area (Å²) in [5, 5.41) is 3.89. The number of aromatic nitrogens is 1. The quantitative estimate of drug-likeness (QED) is 0.482. The Morgan fingerprint density at radius 3 is 2.52 bits per heavy atom. The molecule has 170 valence electrons. The van der Waals surface area contributed by atoms with Crippen LogP contribution in [0.25, 0.3) is 0 Å². The fourth-order valence-corrected chi connectivity index (χ4v) is 4.75. The Labute approximate surface area is 192 Å². The van der Waals surface area contributed by atoms with Crippen molar-refractivity contribution < 1.29 is 13.7 Å². The van der Waals surface area contributed by atoms with Gasteiger partial charge in [-0.3, -0.25) is 9.59 Å². The largest absolute Gasteiger partial charge is 0.457 e.